The monoisotopic (exact) mass is 445 g/mol. The van der Waals surface area contributed by atoms with Gasteiger partial charge in [-0.3, -0.25) is 9.69 Å². The van der Waals surface area contributed by atoms with Gasteiger partial charge < -0.3 is 15.5 Å². The van der Waals surface area contributed by atoms with Crippen LogP contribution in [0.4, 0.5) is 13.2 Å². The summed E-state index contributed by atoms with van der Waals surface area (Å²) >= 11 is 0. The molecular formula is C24H26F3N3O2. The van der Waals surface area contributed by atoms with Crippen molar-refractivity contribution in [1.82, 2.24) is 9.88 Å². The van der Waals surface area contributed by atoms with Gasteiger partial charge in [-0.15, -0.1) is 0 Å². The number of aryl methyl sites for hydroxylation is 1. The van der Waals surface area contributed by atoms with E-state index in [1.807, 2.05) is 0 Å². The van der Waals surface area contributed by atoms with E-state index in [0.717, 1.165) is 37.6 Å². The third kappa shape index (κ3) is 4.32. The topological polar surface area (TPSA) is 71.3 Å². The largest absolute Gasteiger partial charge is 0.491 e. The number of rotatable bonds is 8. The van der Waals surface area contributed by atoms with Gasteiger partial charge in [-0.2, -0.15) is 0 Å². The molecule has 1 unspecified atom stereocenters. The second-order valence-electron chi connectivity index (χ2n) is 8.20. The van der Waals surface area contributed by atoms with Crippen LogP contribution in [0.2, 0.25) is 0 Å². The number of nitrogens with one attached hydrogen (secondary N) is 1. The maximum atomic E-state index is 14.5. The number of halogens is 3. The minimum Gasteiger partial charge on any atom is -0.491 e. The Morgan fingerprint density at radius 1 is 1.22 bits per heavy atom. The molecule has 2 heterocycles. The highest BCUT2D eigenvalue weighted by Crippen LogP contribution is 2.33. The predicted molar refractivity (Wildman–Crippen MR) is 116 cm³/mol. The zero-order valence-electron chi connectivity index (χ0n) is 17.9. The lowest BCUT2D eigenvalue weighted by Crippen LogP contribution is -2.44. The fraction of sp³-hybridized carbons (Fsp3) is 0.375. The third-order valence-corrected chi connectivity index (χ3v) is 6.04. The molecule has 0 spiro atoms. The molecule has 0 bridgehead atoms. The lowest BCUT2D eigenvalue weighted by Gasteiger charge is -2.35. The van der Waals surface area contributed by atoms with Crippen molar-refractivity contribution in [2.75, 3.05) is 19.7 Å². The minimum absolute atomic E-state index is 0.0436. The van der Waals surface area contributed by atoms with Gasteiger partial charge in [-0.1, -0.05) is 6.92 Å². The van der Waals surface area contributed by atoms with Gasteiger partial charge in [0.1, 0.15) is 29.8 Å². The normalized spacial score (nSPS) is 15.7. The van der Waals surface area contributed by atoms with Gasteiger partial charge in [0.05, 0.1) is 11.1 Å². The van der Waals surface area contributed by atoms with Crippen LogP contribution in [0.25, 0.3) is 10.9 Å². The maximum absolute atomic E-state index is 14.5. The molecule has 4 rings (SSSR count). The van der Waals surface area contributed by atoms with E-state index in [0.29, 0.717) is 35.9 Å². The summed E-state index contributed by atoms with van der Waals surface area (Å²) in [4.78, 5) is 16.8. The summed E-state index contributed by atoms with van der Waals surface area (Å²) < 4.78 is 47.9. The Kier molecular flexibility index (Phi) is 6.41. The molecule has 0 fully saturated rings. The molecule has 1 aromatic heterocycles. The van der Waals surface area contributed by atoms with Gasteiger partial charge in [-0.05, 0) is 62.5 Å². The van der Waals surface area contributed by atoms with E-state index in [1.165, 1.54) is 18.2 Å². The number of hydrogen-bond donors (Lipinski definition) is 2. The van der Waals surface area contributed by atoms with Crippen molar-refractivity contribution in [2.24, 2.45) is 5.73 Å². The summed E-state index contributed by atoms with van der Waals surface area (Å²) in [5.41, 5.74) is 7.14. The van der Waals surface area contributed by atoms with Crippen LogP contribution in [0.5, 0.6) is 5.75 Å². The van der Waals surface area contributed by atoms with Gasteiger partial charge >= 0.3 is 0 Å². The highest BCUT2D eigenvalue weighted by molar-refractivity contribution is 5.96. The van der Waals surface area contributed by atoms with E-state index in [2.05, 4.69) is 16.8 Å². The summed E-state index contributed by atoms with van der Waals surface area (Å²) in [6, 6.07) is 4.78. The SMILES string of the molecule is CCCN(CCCc1c[nH]c2c(F)cc(F)cc12)C1COc2c(C(N)=O)ccc(F)c2C1. The van der Waals surface area contributed by atoms with Gasteiger partial charge in [0.15, 0.2) is 0 Å². The first-order valence-electron chi connectivity index (χ1n) is 10.8. The molecule has 0 aliphatic carbocycles. The van der Waals surface area contributed by atoms with Gasteiger partial charge in [0.2, 0.25) is 0 Å². The number of hydrogen-bond acceptors (Lipinski definition) is 3. The molecule has 170 valence electrons. The molecule has 2 aromatic carbocycles. The second kappa shape index (κ2) is 9.24. The molecule has 0 radical (unpaired) electrons. The Morgan fingerprint density at radius 3 is 2.78 bits per heavy atom. The zero-order valence-corrected chi connectivity index (χ0v) is 17.9. The molecule has 1 aliphatic heterocycles. The fourth-order valence-corrected chi connectivity index (χ4v) is 4.52. The number of nitrogens with zero attached hydrogens (tertiary/aromatic N) is 1. The van der Waals surface area contributed by atoms with E-state index in [1.54, 1.807) is 6.20 Å². The quantitative estimate of drug-likeness (QED) is 0.542. The summed E-state index contributed by atoms with van der Waals surface area (Å²) in [5, 5.41) is 0.556. The average molecular weight is 445 g/mol. The zero-order chi connectivity index (χ0) is 22.8. The lowest BCUT2D eigenvalue weighted by atomic mass is 9.97. The molecule has 3 aromatic rings. The molecule has 1 aliphatic rings. The second-order valence-corrected chi connectivity index (χ2v) is 8.20. The van der Waals surface area contributed by atoms with Crippen LogP contribution in [0.1, 0.15) is 41.3 Å². The van der Waals surface area contributed by atoms with Gasteiger partial charge in [0, 0.05) is 29.3 Å². The standard InChI is InChI=1S/C24H26F3N3O2/c1-2-7-30(8-3-4-14-12-29-22-18(14)9-15(25)10-21(22)27)16-11-19-20(26)6-5-17(24(28)31)23(19)32-13-16/h5-6,9-10,12,16,29H,2-4,7-8,11,13H2,1H3,(H2,28,31). The van der Waals surface area contributed by atoms with Crippen molar-refractivity contribution in [3.8, 4) is 5.75 Å². The Morgan fingerprint density at radius 2 is 2.03 bits per heavy atom. The highest BCUT2D eigenvalue weighted by Gasteiger charge is 2.30. The molecule has 0 saturated heterocycles. The number of carbonyl (C=O) groups is 1. The van der Waals surface area contributed by atoms with Crippen LogP contribution in [0.15, 0.2) is 30.5 Å². The number of primary amides is 1. The predicted octanol–water partition coefficient (Wildman–Crippen LogP) is 4.33. The molecule has 1 amide bonds. The number of H-pyrrole nitrogens is 1. The molecule has 1 atom stereocenters. The summed E-state index contributed by atoms with van der Waals surface area (Å²) in [6.45, 7) is 3.93. The van der Waals surface area contributed by atoms with Crippen molar-refractivity contribution in [3.63, 3.8) is 0 Å². The number of carbonyl (C=O) groups excluding carboxylic acids is 1. The van der Waals surface area contributed by atoms with Gasteiger partial charge in [-0.25, -0.2) is 13.2 Å². The molecule has 5 nitrogen and oxygen atoms in total. The van der Waals surface area contributed by atoms with E-state index in [9.17, 15) is 18.0 Å². The van der Waals surface area contributed by atoms with Crippen molar-refractivity contribution in [1.29, 1.82) is 0 Å². The number of fused-ring (bicyclic) bond motifs is 2. The van der Waals surface area contributed by atoms with E-state index >= 15 is 0 Å². The maximum Gasteiger partial charge on any atom is 0.252 e. The van der Waals surface area contributed by atoms with Crippen LogP contribution in [-0.4, -0.2) is 41.5 Å². The average Bonchev–Trinajstić information content (AvgIpc) is 3.16. The fourth-order valence-electron chi connectivity index (χ4n) is 4.52. The number of aromatic amines is 1. The van der Waals surface area contributed by atoms with Crippen molar-refractivity contribution >= 4 is 16.8 Å². The van der Waals surface area contributed by atoms with Crippen LogP contribution in [0.3, 0.4) is 0 Å². The van der Waals surface area contributed by atoms with Crippen LogP contribution >= 0.6 is 0 Å². The first-order chi connectivity index (χ1) is 15.4. The van der Waals surface area contributed by atoms with Crippen LogP contribution in [0, 0.1) is 17.5 Å². The molecular weight excluding hydrogens is 419 g/mol. The number of ether oxygens (including phenoxy) is 1. The van der Waals surface area contributed by atoms with Crippen molar-refractivity contribution in [3.05, 3.63) is 64.6 Å². The summed E-state index contributed by atoms with van der Waals surface area (Å²) in [7, 11) is 0. The first kappa shape index (κ1) is 22.2. The molecule has 3 N–H and O–H groups in total. The number of nitrogens with two attached hydrogens (primary N) is 1. The minimum atomic E-state index is -0.642. The number of amides is 1. The summed E-state index contributed by atoms with van der Waals surface area (Å²) in [5.74, 6) is -2.01. The molecule has 8 heteroatoms. The highest BCUT2D eigenvalue weighted by atomic mass is 19.1. The Bertz CT molecular complexity index is 1150. The van der Waals surface area contributed by atoms with Crippen LogP contribution < -0.4 is 10.5 Å². The Balaban J connectivity index is 1.46. The Labute approximate surface area is 184 Å². The summed E-state index contributed by atoms with van der Waals surface area (Å²) in [6.07, 6.45) is 4.46. The Hall–Kier alpha value is -3.00. The van der Waals surface area contributed by atoms with Crippen LogP contribution in [-0.2, 0) is 12.8 Å². The number of benzene rings is 2. The third-order valence-electron chi connectivity index (χ3n) is 6.04. The number of aromatic nitrogens is 1. The lowest BCUT2D eigenvalue weighted by molar-refractivity contribution is 0.0975. The van der Waals surface area contributed by atoms with E-state index in [4.69, 9.17) is 10.5 Å². The van der Waals surface area contributed by atoms with E-state index in [-0.39, 0.29) is 17.4 Å². The van der Waals surface area contributed by atoms with Crippen molar-refractivity contribution in [2.45, 2.75) is 38.6 Å². The smallest absolute Gasteiger partial charge is 0.252 e. The van der Waals surface area contributed by atoms with Crippen molar-refractivity contribution < 1.29 is 22.7 Å². The molecule has 32 heavy (non-hydrogen) atoms. The van der Waals surface area contributed by atoms with Gasteiger partial charge in [0.25, 0.3) is 5.91 Å². The first-order valence-corrected chi connectivity index (χ1v) is 10.8. The molecule has 0 saturated carbocycles. The van der Waals surface area contributed by atoms with E-state index < -0.39 is 23.4 Å².